The van der Waals surface area contributed by atoms with Gasteiger partial charge in [-0.15, -0.1) is 0 Å². The molecule has 0 amide bonds. The molecule has 282 valence electrons. The van der Waals surface area contributed by atoms with Crippen LogP contribution in [0.2, 0.25) is 0 Å². The molecule has 9 heteroatoms. The van der Waals surface area contributed by atoms with E-state index in [2.05, 4.69) is 25.7 Å². The zero-order chi connectivity index (χ0) is 34.6. The average Bonchev–Trinajstić information content (AvgIpc) is 3.44. The van der Waals surface area contributed by atoms with Crippen molar-refractivity contribution in [1.29, 1.82) is 0 Å². The van der Waals surface area contributed by atoms with E-state index in [4.69, 9.17) is 42.9 Å². The van der Waals surface area contributed by atoms with Crippen LogP contribution in [0.1, 0.15) is 111 Å². The zero-order valence-electron chi connectivity index (χ0n) is 31.4. The molecule has 4 aliphatic carbocycles. The number of ether oxygens (including phenoxy) is 3. The average molecular weight is 679 g/mol. The van der Waals surface area contributed by atoms with Gasteiger partial charge < -0.3 is 47.8 Å². The van der Waals surface area contributed by atoms with E-state index >= 15 is 0 Å². The fraction of sp³-hybridized carbons (Fsp3) is 1.00. The maximum absolute atomic E-state index is 7.04. The lowest BCUT2D eigenvalue weighted by Gasteiger charge is -2.65. The molecule has 0 aromatic carbocycles. The lowest BCUT2D eigenvalue weighted by atomic mass is 9.43. The maximum Gasteiger partial charge on any atom is 0.0637 e. The summed E-state index contributed by atoms with van der Waals surface area (Å²) in [5, 5.41) is 0. The van der Waals surface area contributed by atoms with Gasteiger partial charge in [0.2, 0.25) is 0 Å². The Hall–Kier alpha value is -0.360. The van der Waals surface area contributed by atoms with Gasteiger partial charge in [0, 0.05) is 25.2 Å². The quantitative estimate of drug-likeness (QED) is 0.0982. The predicted molar refractivity (Wildman–Crippen MR) is 198 cm³/mol. The predicted octanol–water partition coefficient (Wildman–Crippen LogP) is 4.48. The summed E-state index contributed by atoms with van der Waals surface area (Å²) in [6.45, 7) is 17.0. The van der Waals surface area contributed by atoms with E-state index in [0.29, 0.717) is 72.8 Å². The van der Waals surface area contributed by atoms with Gasteiger partial charge in [0.1, 0.15) is 0 Å². The van der Waals surface area contributed by atoms with Crippen molar-refractivity contribution in [2.24, 2.45) is 75.0 Å². The van der Waals surface area contributed by atoms with Gasteiger partial charge in [-0.25, -0.2) is 0 Å². The molecule has 0 saturated heterocycles. The Bertz CT molecular complexity index is 892. The Labute approximate surface area is 294 Å². The monoisotopic (exact) mass is 679 g/mol. The molecule has 0 bridgehead atoms. The fourth-order valence-electron chi connectivity index (χ4n) is 11.4. The lowest BCUT2D eigenvalue weighted by molar-refractivity contribution is -0.227. The van der Waals surface area contributed by atoms with Crippen LogP contribution in [0.3, 0.4) is 0 Å². The summed E-state index contributed by atoms with van der Waals surface area (Å²) in [4.78, 5) is 2.59. The van der Waals surface area contributed by atoms with E-state index in [1.54, 1.807) is 0 Å². The minimum absolute atomic E-state index is 0.148. The number of rotatable bonds is 23. The van der Waals surface area contributed by atoms with Gasteiger partial charge in [0.25, 0.3) is 0 Å². The van der Waals surface area contributed by atoms with E-state index in [0.717, 1.165) is 110 Å². The van der Waals surface area contributed by atoms with Crippen molar-refractivity contribution < 1.29 is 14.2 Å². The maximum atomic E-state index is 7.04. The van der Waals surface area contributed by atoms with E-state index in [1.807, 2.05) is 0 Å². The molecule has 4 fully saturated rings. The molecule has 0 aromatic rings. The molecule has 0 aliphatic heterocycles. The third-order valence-electron chi connectivity index (χ3n) is 14.0. The molecule has 4 rings (SSSR count). The van der Waals surface area contributed by atoms with Gasteiger partial charge in [-0.1, -0.05) is 20.8 Å². The van der Waals surface area contributed by atoms with Crippen molar-refractivity contribution in [2.75, 3.05) is 72.2 Å². The number of fused-ring (bicyclic) bond motifs is 5. The minimum atomic E-state index is 0.148. The summed E-state index contributed by atoms with van der Waals surface area (Å²) in [6, 6.07) is 0. The van der Waals surface area contributed by atoms with Crippen LogP contribution in [0.5, 0.6) is 0 Å². The van der Waals surface area contributed by atoms with Crippen LogP contribution in [-0.4, -0.2) is 95.4 Å². The van der Waals surface area contributed by atoms with Crippen LogP contribution in [0.4, 0.5) is 0 Å². The van der Waals surface area contributed by atoms with Crippen LogP contribution in [0, 0.1) is 46.3 Å². The molecule has 4 saturated carbocycles. The molecule has 0 aromatic heterocycles. The van der Waals surface area contributed by atoms with E-state index < -0.39 is 0 Å². The van der Waals surface area contributed by atoms with Crippen LogP contribution in [-0.2, 0) is 14.2 Å². The molecule has 5 unspecified atom stereocenters. The third-order valence-corrected chi connectivity index (χ3v) is 14.0. The number of hydrogen-bond acceptors (Lipinski definition) is 9. The summed E-state index contributed by atoms with van der Waals surface area (Å²) >= 11 is 0. The Kier molecular flexibility index (Phi) is 16.9. The molecular weight excluding hydrogens is 600 g/mol. The smallest absolute Gasteiger partial charge is 0.0637 e. The summed E-state index contributed by atoms with van der Waals surface area (Å²) in [7, 11) is 0. The molecule has 4 aliphatic rings. The number of hydrogen-bond donors (Lipinski definition) is 5. The zero-order valence-corrected chi connectivity index (χ0v) is 31.4. The first-order chi connectivity index (χ1) is 23.3. The molecule has 0 spiro atoms. The summed E-state index contributed by atoms with van der Waals surface area (Å²) in [6.07, 6.45) is 16.8. The fourth-order valence-corrected chi connectivity index (χ4v) is 11.4. The van der Waals surface area contributed by atoms with Crippen molar-refractivity contribution in [3.05, 3.63) is 0 Å². The van der Waals surface area contributed by atoms with Crippen LogP contribution < -0.4 is 28.7 Å². The Morgan fingerprint density at radius 3 is 1.92 bits per heavy atom. The second-order valence-corrected chi connectivity index (χ2v) is 16.7. The summed E-state index contributed by atoms with van der Waals surface area (Å²) in [5.74, 6) is 3.75. The first kappa shape index (κ1) is 40.4. The first-order valence-corrected chi connectivity index (χ1v) is 20.4. The largest absolute Gasteiger partial charge is 0.378 e. The summed E-state index contributed by atoms with van der Waals surface area (Å²) in [5.41, 5.74) is 29.9. The van der Waals surface area contributed by atoms with Crippen molar-refractivity contribution >= 4 is 0 Å². The van der Waals surface area contributed by atoms with Gasteiger partial charge in [-0.2, -0.15) is 0 Å². The highest BCUT2D eigenvalue weighted by atomic mass is 16.5. The normalized spacial score (nSPS) is 36.9. The van der Waals surface area contributed by atoms with Crippen LogP contribution >= 0.6 is 0 Å². The highest BCUT2D eigenvalue weighted by Gasteiger charge is 2.66. The summed E-state index contributed by atoms with van der Waals surface area (Å²) < 4.78 is 20.4. The highest BCUT2D eigenvalue weighted by Crippen LogP contribution is 2.69. The molecule has 48 heavy (non-hydrogen) atoms. The molecule has 10 N–H and O–H groups in total. The van der Waals surface area contributed by atoms with Gasteiger partial charge >= 0.3 is 0 Å². The SMILES string of the molecule is CC(CCCN(CCCN)CCCN)C1CC[C@H]2C3[C@H](OCCCN)CC4CC(OCCCN)CC[C@]4(C)[C@H]3C[C@H](OCCCN)[C@]12C. The molecular formula is C39H78N6O3. The van der Waals surface area contributed by atoms with Gasteiger partial charge in [0.15, 0.2) is 0 Å². The van der Waals surface area contributed by atoms with Gasteiger partial charge in [-0.3, -0.25) is 0 Å². The standard InChI is InChI=1S/C39H78N6O3/c1-29(10-4-20-45(21-5-15-40)22-6-16-41)32-11-12-33-37-34(28-36(39(32,33)3)48-25-9-19-44)38(2)14-13-31(46-23-7-17-42)26-30(38)27-35(37)47-24-8-18-43/h29-37H,4-28,40-44H2,1-3H3/t29?,30?,31?,32?,33-,34-,35+,36-,37?,38-,39+/m0/s1. The molecule has 11 atom stereocenters. The molecule has 0 heterocycles. The second-order valence-electron chi connectivity index (χ2n) is 16.7. The first-order valence-electron chi connectivity index (χ1n) is 20.4. The van der Waals surface area contributed by atoms with Crippen molar-refractivity contribution in [3.63, 3.8) is 0 Å². The lowest BCUT2D eigenvalue weighted by Crippen LogP contribution is -2.63. The second kappa shape index (κ2) is 20.0. The number of nitrogens with zero attached hydrogens (tertiary/aromatic N) is 1. The third kappa shape index (κ3) is 9.54. The van der Waals surface area contributed by atoms with Crippen molar-refractivity contribution in [3.8, 4) is 0 Å². The number of nitrogens with two attached hydrogens (primary N) is 5. The Balaban J connectivity index is 1.55. The van der Waals surface area contributed by atoms with Crippen LogP contribution in [0.15, 0.2) is 0 Å². The highest BCUT2D eigenvalue weighted by molar-refractivity contribution is 5.15. The van der Waals surface area contributed by atoms with Crippen molar-refractivity contribution in [1.82, 2.24) is 4.90 Å². The van der Waals surface area contributed by atoms with Gasteiger partial charge in [-0.05, 0) is 183 Å². The minimum Gasteiger partial charge on any atom is -0.378 e. The van der Waals surface area contributed by atoms with Gasteiger partial charge in [0.05, 0.1) is 18.3 Å². The van der Waals surface area contributed by atoms with E-state index in [9.17, 15) is 0 Å². The Morgan fingerprint density at radius 2 is 1.27 bits per heavy atom. The van der Waals surface area contributed by atoms with Crippen LogP contribution in [0.25, 0.3) is 0 Å². The molecule has 9 nitrogen and oxygen atoms in total. The van der Waals surface area contributed by atoms with Crippen molar-refractivity contribution in [2.45, 2.75) is 129 Å². The molecule has 0 radical (unpaired) electrons. The van der Waals surface area contributed by atoms with E-state index in [-0.39, 0.29) is 11.5 Å². The topological polar surface area (TPSA) is 161 Å². The van der Waals surface area contributed by atoms with E-state index in [1.165, 1.54) is 32.1 Å². The Morgan fingerprint density at radius 1 is 0.667 bits per heavy atom.